The van der Waals surface area contributed by atoms with Crippen LogP contribution in [0.2, 0.25) is 0 Å². The molecule has 0 saturated carbocycles. The van der Waals surface area contributed by atoms with Gasteiger partial charge in [0.1, 0.15) is 0 Å². The van der Waals surface area contributed by atoms with Crippen molar-refractivity contribution in [1.29, 1.82) is 0 Å². The van der Waals surface area contributed by atoms with Crippen LogP contribution in [0.1, 0.15) is 32.3 Å². The van der Waals surface area contributed by atoms with Gasteiger partial charge in [0.15, 0.2) is 0 Å². The topological polar surface area (TPSA) is 0 Å². The molecule has 0 aliphatic carbocycles. The second-order valence-electron chi connectivity index (χ2n) is 3.62. The van der Waals surface area contributed by atoms with Crippen molar-refractivity contribution in [2.24, 2.45) is 5.92 Å². The molecule has 0 nitrogen and oxygen atoms in total. The van der Waals surface area contributed by atoms with Crippen molar-refractivity contribution in [3.05, 3.63) is 22.4 Å². The number of hydrogen-bond donors (Lipinski definition) is 0. The fourth-order valence-corrected chi connectivity index (χ4v) is 2.46. The number of rotatable bonds is 5. The maximum absolute atomic E-state index is 6.31. The van der Waals surface area contributed by atoms with Crippen LogP contribution in [0.3, 0.4) is 0 Å². The Morgan fingerprint density at radius 3 is 2.85 bits per heavy atom. The molecule has 0 aliphatic rings. The summed E-state index contributed by atoms with van der Waals surface area (Å²) in [5.41, 5.74) is 1.38. The lowest BCUT2D eigenvalue weighted by Gasteiger charge is -2.16. The first-order valence-electron chi connectivity index (χ1n) is 4.89. The van der Waals surface area contributed by atoms with Crippen molar-refractivity contribution in [3.63, 3.8) is 0 Å². The Morgan fingerprint density at radius 1 is 1.54 bits per heavy atom. The van der Waals surface area contributed by atoms with Crippen LogP contribution in [-0.2, 0) is 6.42 Å². The van der Waals surface area contributed by atoms with Gasteiger partial charge in [-0.2, -0.15) is 11.3 Å². The first kappa shape index (κ1) is 11.1. The standard InChI is InChI=1S/C11H17ClS/c1-3-4-9(2)11(12)7-10-5-6-13-8-10/h5-6,8-9,11H,3-4,7H2,1-2H3. The van der Waals surface area contributed by atoms with Gasteiger partial charge in [0, 0.05) is 5.38 Å². The largest absolute Gasteiger partial charge is 0.152 e. The summed E-state index contributed by atoms with van der Waals surface area (Å²) in [5.74, 6) is 0.631. The molecular formula is C11H17ClS. The van der Waals surface area contributed by atoms with E-state index in [1.54, 1.807) is 11.3 Å². The zero-order valence-electron chi connectivity index (χ0n) is 8.29. The molecule has 0 amide bonds. The lowest BCUT2D eigenvalue weighted by atomic mass is 9.98. The maximum atomic E-state index is 6.31. The van der Waals surface area contributed by atoms with Crippen LogP contribution in [0.5, 0.6) is 0 Å². The molecule has 13 heavy (non-hydrogen) atoms. The molecule has 2 unspecified atom stereocenters. The van der Waals surface area contributed by atoms with Crippen LogP contribution in [0.25, 0.3) is 0 Å². The second-order valence-corrected chi connectivity index (χ2v) is 4.96. The third-order valence-electron chi connectivity index (χ3n) is 2.37. The van der Waals surface area contributed by atoms with Gasteiger partial charge in [0.2, 0.25) is 0 Å². The zero-order chi connectivity index (χ0) is 9.68. The molecule has 0 bridgehead atoms. The molecule has 0 saturated heterocycles. The first-order valence-corrected chi connectivity index (χ1v) is 6.27. The zero-order valence-corrected chi connectivity index (χ0v) is 9.87. The van der Waals surface area contributed by atoms with Gasteiger partial charge in [-0.1, -0.05) is 20.3 Å². The third-order valence-corrected chi connectivity index (χ3v) is 3.69. The molecular weight excluding hydrogens is 200 g/mol. The van der Waals surface area contributed by atoms with E-state index < -0.39 is 0 Å². The normalized spacial score (nSPS) is 15.6. The molecule has 1 aromatic heterocycles. The minimum Gasteiger partial charge on any atom is -0.152 e. The summed E-state index contributed by atoms with van der Waals surface area (Å²) in [6, 6.07) is 2.17. The van der Waals surface area contributed by atoms with Crippen molar-refractivity contribution in [1.82, 2.24) is 0 Å². The first-order chi connectivity index (χ1) is 6.24. The number of hydrogen-bond acceptors (Lipinski definition) is 1. The molecule has 1 heterocycles. The molecule has 1 aromatic rings. The smallest absolute Gasteiger partial charge is 0.0402 e. The molecule has 0 spiro atoms. The number of thiophene rings is 1. The van der Waals surface area contributed by atoms with Gasteiger partial charge in [-0.25, -0.2) is 0 Å². The summed E-state index contributed by atoms with van der Waals surface area (Å²) in [6.45, 7) is 4.46. The minimum absolute atomic E-state index is 0.301. The summed E-state index contributed by atoms with van der Waals surface area (Å²) in [6.07, 6.45) is 3.48. The Bertz CT molecular complexity index is 218. The Kier molecular flexibility index (Phi) is 4.82. The molecule has 0 radical (unpaired) electrons. The number of alkyl halides is 1. The Morgan fingerprint density at radius 2 is 2.31 bits per heavy atom. The SMILES string of the molecule is CCCC(C)C(Cl)Cc1ccsc1. The van der Waals surface area contributed by atoms with Gasteiger partial charge >= 0.3 is 0 Å². The highest BCUT2D eigenvalue weighted by Gasteiger charge is 2.13. The summed E-state index contributed by atoms with van der Waals surface area (Å²) in [5, 5.41) is 4.60. The fourth-order valence-electron chi connectivity index (χ4n) is 1.47. The lowest BCUT2D eigenvalue weighted by molar-refractivity contribution is 0.494. The summed E-state index contributed by atoms with van der Waals surface area (Å²) < 4.78 is 0. The molecule has 0 fully saturated rings. The highest BCUT2D eigenvalue weighted by molar-refractivity contribution is 7.07. The van der Waals surface area contributed by atoms with E-state index in [-0.39, 0.29) is 0 Å². The highest BCUT2D eigenvalue weighted by atomic mass is 35.5. The lowest BCUT2D eigenvalue weighted by Crippen LogP contribution is -2.13. The average molecular weight is 217 g/mol. The molecule has 2 atom stereocenters. The predicted octanol–water partition coefficient (Wildman–Crippen LogP) is 4.33. The monoisotopic (exact) mass is 216 g/mol. The molecule has 1 rings (SSSR count). The van der Waals surface area contributed by atoms with Crippen molar-refractivity contribution >= 4 is 22.9 Å². The van der Waals surface area contributed by atoms with E-state index in [2.05, 4.69) is 30.7 Å². The van der Waals surface area contributed by atoms with E-state index in [9.17, 15) is 0 Å². The Balaban J connectivity index is 2.36. The van der Waals surface area contributed by atoms with Crippen molar-refractivity contribution in [2.45, 2.75) is 38.5 Å². The van der Waals surface area contributed by atoms with Gasteiger partial charge in [0.25, 0.3) is 0 Å². The summed E-state index contributed by atoms with van der Waals surface area (Å²) >= 11 is 8.05. The molecule has 2 heteroatoms. The molecule has 0 aliphatic heterocycles. The van der Waals surface area contributed by atoms with E-state index in [4.69, 9.17) is 11.6 Å². The Hall–Kier alpha value is -0.0100. The van der Waals surface area contributed by atoms with Crippen LogP contribution in [0.4, 0.5) is 0 Å². The van der Waals surface area contributed by atoms with Gasteiger partial charge in [-0.05, 0) is 41.1 Å². The van der Waals surface area contributed by atoms with E-state index in [0.29, 0.717) is 11.3 Å². The quantitative estimate of drug-likeness (QED) is 0.643. The van der Waals surface area contributed by atoms with Gasteiger partial charge in [-0.3, -0.25) is 0 Å². The van der Waals surface area contributed by atoms with Crippen LogP contribution in [-0.4, -0.2) is 5.38 Å². The predicted molar refractivity (Wildman–Crippen MR) is 61.7 cm³/mol. The molecule has 0 N–H and O–H groups in total. The highest BCUT2D eigenvalue weighted by Crippen LogP contribution is 2.21. The average Bonchev–Trinajstić information content (AvgIpc) is 2.57. The maximum Gasteiger partial charge on any atom is 0.0402 e. The van der Waals surface area contributed by atoms with Crippen LogP contribution in [0.15, 0.2) is 16.8 Å². The van der Waals surface area contributed by atoms with Gasteiger partial charge < -0.3 is 0 Å². The fraction of sp³-hybridized carbons (Fsp3) is 0.636. The van der Waals surface area contributed by atoms with Gasteiger partial charge in [0.05, 0.1) is 0 Å². The summed E-state index contributed by atoms with van der Waals surface area (Å²) in [7, 11) is 0. The Labute approximate surface area is 89.9 Å². The molecule has 0 aromatic carbocycles. The van der Waals surface area contributed by atoms with Crippen LogP contribution >= 0.6 is 22.9 Å². The third kappa shape index (κ3) is 3.70. The second kappa shape index (κ2) is 5.66. The minimum atomic E-state index is 0.301. The van der Waals surface area contributed by atoms with Crippen molar-refractivity contribution in [2.75, 3.05) is 0 Å². The van der Waals surface area contributed by atoms with Gasteiger partial charge in [-0.15, -0.1) is 11.6 Å². The molecule has 74 valence electrons. The number of halogens is 1. The van der Waals surface area contributed by atoms with Crippen LogP contribution in [0, 0.1) is 5.92 Å². The van der Waals surface area contributed by atoms with Crippen molar-refractivity contribution < 1.29 is 0 Å². The van der Waals surface area contributed by atoms with Crippen molar-refractivity contribution in [3.8, 4) is 0 Å². The summed E-state index contributed by atoms with van der Waals surface area (Å²) in [4.78, 5) is 0. The van der Waals surface area contributed by atoms with Crippen LogP contribution < -0.4 is 0 Å². The van der Waals surface area contributed by atoms with E-state index in [1.807, 2.05) is 0 Å². The van der Waals surface area contributed by atoms with E-state index in [1.165, 1.54) is 18.4 Å². The van der Waals surface area contributed by atoms with E-state index in [0.717, 1.165) is 6.42 Å². The van der Waals surface area contributed by atoms with E-state index >= 15 is 0 Å².